The predicted molar refractivity (Wildman–Crippen MR) is 162 cm³/mol. The number of hydrogen-bond donors (Lipinski definition) is 5. The fourth-order valence-electron chi connectivity index (χ4n) is 7.87. The molecule has 8 nitrogen and oxygen atoms in total. The van der Waals surface area contributed by atoms with Crippen LogP contribution in [0.15, 0.2) is 47.7 Å². The van der Waals surface area contributed by atoms with Crippen molar-refractivity contribution < 1.29 is 5.11 Å². The lowest BCUT2D eigenvalue weighted by Crippen LogP contribution is -2.53. The van der Waals surface area contributed by atoms with Crippen molar-refractivity contribution in [2.75, 3.05) is 20.1 Å². The second kappa shape index (κ2) is 12.8. The zero-order valence-electron chi connectivity index (χ0n) is 24.4. The molecule has 0 radical (unpaired) electrons. The van der Waals surface area contributed by atoms with Gasteiger partial charge in [0, 0.05) is 37.6 Å². The van der Waals surface area contributed by atoms with Gasteiger partial charge in [-0.2, -0.15) is 5.26 Å². The number of allylic oxidation sites excluding steroid dienone is 1. The maximum absolute atomic E-state index is 10.2. The smallest absolute Gasteiger partial charge is 0.128 e. The van der Waals surface area contributed by atoms with E-state index < -0.39 is 11.6 Å². The number of nitrogens with one attached hydrogen (secondary N) is 1. The lowest BCUT2D eigenvalue weighted by Gasteiger charge is -2.45. The maximum Gasteiger partial charge on any atom is 0.128 e. The third kappa shape index (κ3) is 5.93. The molecule has 40 heavy (non-hydrogen) atoms. The van der Waals surface area contributed by atoms with Crippen molar-refractivity contribution in [2.24, 2.45) is 39.9 Å². The van der Waals surface area contributed by atoms with Crippen molar-refractivity contribution >= 4 is 5.84 Å². The Morgan fingerprint density at radius 3 is 2.70 bits per heavy atom. The number of fused-ring (bicyclic) bond motifs is 2. The Balaban J connectivity index is 1.71. The Morgan fingerprint density at radius 1 is 1.25 bits per heavy atom. The average Bonchev–Trinajstić information content (AvgIpc) is 3.26. The first-order chi connectivity index (χ1) is 19.1. The van der Waals surface area contributed by atoms with Crippen LogP contribution in [0.2, 0.25) is 0 Å². The van der Waals surface area contributed by atoms with Gasteiger partial charge in [-0.25, -0.2) is 0 Å². The number of aliphatic hydroxyl groups excluding tert-OH is 1. The molecular weight excluding hydrogens is 498 g/mol. The zero-order chi connectivity index (χ0) is 29.0. The summed E-state index contributed by atoms with van der Waals surface area (Å²) in [6.45, 7) is 12.1. The molecule has 1 aliphatic heterocycles. The molecule has 3 aliphatic rings. The van der Waals surface area contributed by atoms with Crippen molar-refractivity contribution in [1.29, 1.82) is 5.26 Å². The van der Waals surface area contributed by atoms with Gasteiger partial charge in [0.1, 0.15) is 18.1 Å². The number of aryl methyl sites for hydroxylation is 1. The number of amidine groups is 1. The number of nitriles is 1. The molecule has 1 saturated carbocycles. The second-order valence-electron chi connectivity index (χ2n) is 12.3. The van der Waals surface area contributed by atoms with Gasteiger partial charge in [-0.3, -0.25) is 4.99 Å². The van der Waals surface area contributed by atoms with Gasteiger partial charge in [0.05, 0.1) is 11.5 Å². The van der Waals surface area contributed by atoms with E-state index in [4.69, 9.17) is 17.2 Å². The molecule has 2 aliphatic carbocycles. The largest absolute Gasteiger partial charge is 0.402 e. The minimum atomic E-state index is -1.02. The number of benzene rings is 1. The quantitative estimate of drug-likeness (QED) is 0.180. The molecule has 6 unspecified atom stereocenters. The summed E-state index contributed by atoms with van der Waals surface area (Å²) in [7, 11) is 1.80. The van der Waals surface area contributed by atoms with Gasteiger partial charge in [-0.1, -0.05) is 37.8 Å². The normalized spacial score (nSPS) is 30.3. The van der Waals surface area contributed by atoms with Crippen LogP contribution in [-0.2, 0) is 11.8 Å². The molecule has 0 bridgehead atoms. The summed E-state index contributed by atoms with van der Waals surface area (Å²) in [5.74, 6) is 1.68. The second-order valence-corrected chi connectivity index (χ2v) is 12.3. The van der Waals surface area contributed by atoms with Gasteiger partial charge >= 0.3 is 0 Å². The van der Waals surface area contributed by atoms with E-state index in [0.29, 0.717) is 30.1 Å². The standard InChI is InChI=1S/C32H49N7O/c1-20(38-19-21(2)39-14-6-8-27(39)18-33)17-32(31(36)37-4)28-9-5-7-23(22(3)34)15-24(28)10-11-25-16-26(30(35)40)12-13-29(25)32/h12-13,16,20,23-24,27-28,30,38,40H,2-3,5-11,14-15,17,19,34-35H2,1,4H3,(H2,36,37)/t20-,23?,24?,27?,28?,30?,32?/m0/s1. The molecule has 1 aromatic rings. The SMILES string of the molecule is C=C(N)C1CCCC2C(CCc3cc(C(N)O)ccc3C2(C[C@H](C)NCC(=C)N2CCCC2C#N)C(N)=NC)C1. The van der Waals surface area contributed by atoms with E-state index in [1.807, 2.05) is 6.07 Å². The number of aliphatic hydroxyl groups is 1. The van der Waals surface area contributed by atoms with E-state index in [9.17, 15) is 10.4 Å². The number of hydrogen-bond acceptors (Lipinski definition) is 7. The number of aliphatic imine (C=N–C) groups is 1. The first kappa shape index (κ1) is 30.1. The summed E-state index contributed by atoms with van der Waals surface area (Å²) >= 11 is 0. The number of rotatable bonds is 9. The van der Waals surface area contributed by atoms with Gasteiger partial charge in [-0.05, 0) is 92.7 Å². The Labute approximate surface area is 240 Å². The minimum Gasteiger partial charge on any atom is -0.402 e. The average molecular weight is 548 g/mol. The number of nitrogens with two attached hydrogens (primary N) is 3. The molecule has 0 aromatic heterocycles. The van der Waals surface area contributed by atoms with Gasteiger partial charge in [-0.15, -0.1) is 0 Å². The molecule has 218 valence electrons. The summed E-state index contributed by atoms with van der Waals surface area (Å²) in [6, 6.07) is 8.59. The lowest BCUT2D eigenvalue weighted by atomic mass is 9.60. The third-order valence-electron chi connectivity index (χ3n) is 9.91. The zero-order valence-corrected chi connectivity index (χ0v) is 24.4. The fourth-order valence-corrected chi connectivity index (χ4v) is 7.87. The van der Waals surface area contributed by atoms with Crippen molar-refractivity contribution in [3.8, 4) is 6.07 Å². The molecule has 1 aromatic carbocycles. The van der Waals surface area contributed by atoms with Crippen LogP contribution in [0.4, 0.5) is 0 Å². The van der Waals surface area contributed by atoms with Crippen LogP contribution in [0.5, 0.6) is 0 Å². The van der Waals surface area contributed by atoms with Crippen molar-refractivity contribution in [3.63, 3.8) is 0 Å². The van der Waals surface area contributed by atoms with Gasteiger partial charge in [0.25, 0.3) is 0 Å². The van der Waals surface area contributed by atoms with Crippen LogP contribution in [0.3, 0.4) is 0 Å². The maximum atomic E-state index is 10.2. The van der Waals surface area contributed by atoms with Crippen molar-refractivity contribution in [3.05, 3.63) is 59.4 Å². The van der Waals surface area contributed by atoms with E-state index >= 15 is 0 Å². The first-order valence-electron chi connectivity index (χ1n) is 14.9. The van der Waals surface area contributed by atoms with Crippen molar-refractivity contribution in [1.82, 2.24) is 10.2 Å². The molecule has 7 atom stereocenters. The summed E-state index contributed by atoms with van der Waals surface area (Å²) < 4.78 is 0. The number of nitrogens with zero attached hydrogens (tertiary/aromatic N) is 3. The minimum absolute atomic E-state index is 0.0865. The highest BCUT2D eigenvalue weighted by atomic mass is 16.3. The molecular formula is C32H49N7O. The third-order valence-corrected chi connectivity index (χ3v) is 9.91. The summed E-state index contributed by atoms with van der Waals surface area (Å²) in [4.78, 5) is 6.82. The Bertz CT molecular complexity index is 1150. The van der Waals surface area contributed by atoms with E-state index in [1.54, 1.807) is 7.05 Å². The van der Waals surface area contributed by atoms with Crippen molar-refractivity contribution in [2.45, 2.75) is 88.4 Å². The van der Waals surface area contributed by atoms with Crippen LogP contribution < -0.4 is 22.5 Å². The lowest BCUT2D eigenvalue weighted by molar-refractivity contribution is 0.186. The molecule has 0 amide bonds. The summed E-state index contributed by atoms with van der Waals surface area (Å²) in [5, 5.41) is 23.4. The monoisotopic (exact) mass is 547 g/mol. The first-order valence-corrected chi connectivity index (χ1v) is 14.9. The molecule has 1 heterocycles. The molecule has 2 fully saturated rings. The topological polar surface area (TPSA) is 150 Å². The highest BCUT2D eigenvalue weighted by Crippen LogP contribution is 2.52. The highest BCUT2D eigenvalue weighted by molar-refractivity contribution is 5.93. The van der Waals surface area contributed by atoms with Gasteiger partial charge < -0.3 is 32.5 Å². The van der Waals surface area contributed by atoms with E-state index in [1.165, 1.54) is 11.1 Å². The van der Waals surface area contributed by atoms with Crippen LogP contribution >= 0.6 is 0 Å². The Kier molecular flexibility index (Phi) is 9.60. The van der Waals surface area contributed by atoms with E-state index in [0.717, 1.165) is 81.3 Å². The van der Waals surface area contributed by atoms with E-state index in [-0.39, 0.29) is 12.1 Å². The summed E-state index contributed by atoms with van der Waals surface area (Å²) in [6.07, 6.45) is 7.75. The van der Waals surface area contributed by atoms with E-state index in [2.05, 4.69) is 53.5 Å². The Morgan fingerprint density at radius 2 is 2.02 bits per heavy atom. The predicted octanol–water partition coefficient (Wildman–Crippen LogP) is 3.57. The summed E-state index contributed by atoms with van der Waals surface area (Å²) in [5.41, 5.74) is 23.5. The Hall–Kier alpha value is -2.86. The fraction of sp³-hybridized carbons (Fsp3) is 0.625. The van der Waals surface area contributed by atoms with Crippen LogP contribution in [0.1, 0.15) is 81.2 Å². The van der Waals surface area contributed by atoms with Crippen LogP contribution in [0, 0.1) is 29.1 Å². The van der Waals surface area contributed by atoms with Gasteiger partial charge in [0.15, 0.2) is 0 Å². The molecule has 1 saturated heterocycles. The van der Waals surface area contributed by atoms with Crippen LogP contribution in [0.25, 0.3) is 0 Å². The van der Waals surface area contributed by atoms with Gasteiger partial charge in [0.2, 0.25) is 0 Å². The van der Waals surface area contributed by atoms with Crippen LogP contribution in [-0.4, -0.2) is 48.1 Å². The highest BCUT2D eigenvalue weighted by Gasteiger charge is 2.51. The molecule has 8 N–H and O–H groups in total. The molecule has 4 rings (SSSR count). The number of likely N-dealkylation sites (tertiary alicyclic amines) is 1. The molecule has 8 heteroatoms. The molecule has 0 spiro atoms.